The van der Waals surface area contributed by atoms with Crippen LogP contribution in [0.2, 0.25) is 0 Å². The fourth-order valence-corrected chi connectivity index (χ4v) is 4.89. The molecule has 2 unspecified atom stereocenters. The number of amides is 1. The van der Waals surface area contributed by atoms with E-state index < -0.39 is 30.3 Å². The Labute approximate surface area is 209 Å². The number of benzene rings is 1. The van der Waals surface area contributed by atoms with Crippen LogP contribution in [0.5, 0.6) is 11.5 Å². The van der Waals surface area contributed by atoms with E-state index >= 15 is 0 Å². The molecule has 1 fully saturated rings. The Hall–Kier alpha value is -2.59. The van der Waals surface area contributed by atoms with Crippen LogP contribution < -0.4 is 9.47 Å². The van der Waals surface area contributed by atoms with Crippen molar-refractivity contribution < 1.29 is 34.1 Å². The monoisotopic (exact) mass is 509 g/mol. The number of hydrogen-bond acceptors (Lipinski definition) is 7. The summed E-state index contributed by atoms with van der Waals surface area (Å²) in [7, 11) is 1.53. The molecular formula is C24H31NO7S2. The summed E-state index contributed by atoms with van der Waals surface area (Å²) in [6, 6.07) is 3.69. The minimum absolute atomic E-state index is 0.00424. The third-order valence-electron chi connectivity index (χ3n) is 5.32. The lowest BCUT2D eigenvalue weighted by molar-refractivity contribution is -0.150. The fourth-order valence-electron chi connectivity index (χ4n) is 3.54. The maximum Gasteiger partial charge on any atom is 0.327 e. The molecule has 0 aliphatic carbocycles. The number of carboxylic acids is 2. The number of carbonyl (C=O) groups is 3. The zero-order chi connectivity index (χ0) is 25.3. The molecule has 2 rings (SSSR count). The van der Waals surface area contributed by atoms with Crippen molar-refractivity contribution in [1.82, 2.24) is 4.90 Å². The van der Waals surface area contributed by atoms with E-state index in [0.717, 1.165) is 29.5 Å². The molecule has 34 heavy (non-hydrogen) atoms. The molecule has 1 aliphatic rings. The van der Waals surface area contributed by atoms with Crippen LogP contribution in [0.3, 0.4) is 0 Å². The van der Waals surface area contributed by atoms with Gasteiger partial charge in [0.05, 0.1) is 24.5 Å². The van der Waals surface area contributed by atoms with Crippen molar-refractivity contribution in [2.45, 2.75) is 70.9 Å². The number of carboxylic acid groups (broad SMARTS) is 2. The first-order chi connectivity index (χ1) is 16.2. The summed E-state index contributed by atoms with van der Waals surface area (Å²) in [4.78, 5) is 36.4. The van der Waals surface area contributed by atoms with Gasteiger partial charge < -0.3 is 19.7 Å². The van der Waals surface area contributed by atoms with Crippen molar-refractivity contribution in [3.63, 3.8) is 0 Å². The van der Waals surface area contributed by atoms with E-state index in [-0.39, 0.29) is 15.3 Å². The lowest BCUT2D eigenvalue weighted by Crippen LogP contribution is -2.45. The summed E-state index contributed by atoms with van der Waals surface area (Å²) in [5, 5.41) is 18.4. The maximum absolute atomic E-state index is 12.8. The molecule has 1 amide bonds. The molecule has 2 atom stereocenters. The van der Waals surface area contributed by atoms with Gasteiger partial charge >= 0.3 is 11.9 Å². The van der Waals surface area contributed by atoms with Crippen LogP contribution in [0.1, 0.15) is 64.4 Å². The predicted molar refractivity (Wildman–Crippen MR) is 135 cm³/mol. The Kier molecular flexibility index (Phi) is 10.8. The Morgan fingerprint density at radius 1 is 1.18 bits per heavy atom. The van der Waals surface area contributed by atoms with Crippen molar-refractivity contribution in [3.8, 4) is 11.5 Å². The number of rotatable bonds is 14. The van der Waals surface area contributed by atoms with Crippen molar-refractivity contribution >= 4 is 52.2 Å². The van der Waals surface area contributed by atoms with E-state index in [2.05, 4.69) is 6.92 Å². The normalized spacial score (nSPS) is 16.6. The van der Waals surface area contributed by atoms with Gasteiger partial charge in [0.1, 0.15) is 10.4 Å². The SMILES string of the molecule is CCCCCCCC(C)Oc1ccc(/C=C2\SC(=S)N(C(CC(=O)O)C(=O)O)C2=O)cc1OC. The molecular weight excluding hydrogens is 478 g/mol. The lowest BCUT2D eigenvalue weighted by atomic mass is 10.1. The molecule has 1 heterocycles. The van der Waals surface area contributed by atoms with Crippen LogP contribution >= 0.6 is 24.0 Å². The number of nitrogens with zero attached hydrogens (tertiary/aromatic N) is 1. The van der Waals surface area contributed by atoms with Gasteiger partial charge in [0, 0.05) is 0 Å². The predicted octanol–water partition coefficient (Wildman–Crippen LogP) is 4.95. The van der Waals surface area contributed by atoms with Crippen LogP contribution in [-0.2, 0) is 14.4 Å². The number of thioether (sulfide) groups is 1. The third-order valence-corrected chi connectivity index (χ3v) is 6.65. The number of thiocarbonyl (C=S) groups is 1. The van der Waals surface area contributed by atoms with Gasteiger partial charge in [-0.1, -0.05) is 62.7 Å². The highest BCUT2D eigenvalue weighted by Crippen LogP contribution is 2.36. The zero-order valence-electron chi connectivity index (χ0n) is 19.6. The van der Waals surface area contributed by atoms with Gasteiger partial charge in [-0.25, -0.2) is 4.79 Å². The number of aliphatic carboxylic acids is 2. The van der Waals surface area contributed by atoms with Gasteiger partial charge in [0.2, 0.25) is 0 Å². The van der Waals surface area contributed by atoms with Crippen LogP contribution in [0.25, 0.3) is 6.08 Å². The lowest BCUT2D eigenvalue weighted by Gasteiger charge is -2.21. The molecule has 0 spiro atoms. The molecule has 0 bridgehead atoms. The highest BCUT2D eigenvalue weighted by molar-refractivity contribution is 8.26. The first kappa shape index (κ1) is 27.7. The van der Waals surface area contributed by atoms with E-state index in [9.17, 15) is 19.5 Å². The molecule has 1 aromatic carbocycles. The largest absolute Gasteiger partial charge is 0.493 e. The Bertz CT molecular complexity index is 947. The van der Waals surface area contributed by atoms with Crippen molar-refractivity contribution in [1.29, 1.82) is 0 Å². The summed E-state index contributed by atoms with van der Waals surface area (Å²) in [5.41, 5.74) is 0.641. The first-order valence-corrected chi connectivity index (χ1v) is 12.5. The van der Waals surface area contributed by atoms with E-state index in [1.54, 1.807) is 24.3 Å². The summed E-state index contributed by atoms with van der Waals surface area (Å²) in [6.07, 6.45) is 7.78. The minimum atomic E-state index is -1.57. The van der Waals surface area contributed by atoms with Gasteiger partial charge in [-0.15, -0.1) is 0 Å². The Morgan fingerprint density at radius 2 is 1.88 bits per heavy atom. The van der Waals surface area contributed by atoms with E-state index in [0.29, 0.717) is 17.1 Å². The van der Waals surface area contributed by atoms with Crippen molar-refractivity contribution in [2.75, 3.05) is 7.11 Å². The van der Waals surface area contributed by atoms with Crippen LogP contribution in [-0.4, -0.2) is 56.5 Å². The summed E-state index contributed by atoms with van der Waals surface area (Å²) >= 11 is 6.09. The van der Waals surface area contributed by atoms with Crippen LogP contribution in [0, 0.1) is 0 Å². The number of unbranched alkanes of at least 4 members (excludes halogenated alkanes) is 4. The smallest absolute Gasteiger partial charge is 0.327 e. The number of ether oxygens (including phenoxy) is 2. The van der Waals surface area contributed by atoms with Gasteiger partial charge in [-0.3, -0.25) is 14.5 Å². The van der Waals surface area contributed by atoms with Gasteiger partial charge in [-0.2, -0.15) is 0 Å². The molecule has 0 aromatic heterocycles. The quantitative estimate of drug-likeness (QED) is 0.204. The Morgan fingerprint density at radius 3 is 2.50 bits per heavy atom. The average Bonchev–Trinajstić information content (AvgIpc) is 3.05. The molecule has 0 saturated carbocycles. The molecule has 2 N–H and O–H groups in total. The van der Waals surface area contributed by atoms with E-state index in [1.165, 1.54) is 32.8 Å². The summed E-state index contributed by atoms with van der Waals surface area (Å²) < 4.78 is 11.5. The molecule has 1 saturated heterocycles. The topological polar surface area (TPSA) is 113 Å². The third kappa shape index (κ3) is 7.73. The van der Waals surface area contributed by atoms with Crippen molar-refractivity contribution in [2.24, 2.45) is 0 Å². The highest BCUT2D eigenvalue weighted by Gasteiger charge is 2.41. The maximum atomic E-state index is 12.8. The second-order valence-corrected chi connectivity index (χ2v) is 9.72. The molecule has 8 nitrogen and oxygen atoms in total. The minimum Gasteiger partial charge on any atom is -0.493 e. The molecule has 0 radical (unpaired) electrons. The van der Waals surface area contributed by atoms with Crippen molar-refractivity contribution in [3.05, 3.63) is 28.7 Å². The van der Waals surface area contributed by atoms with E-state index in [1.807, 2.05) is 6.92 Å². The van der Waals surface area contributed by atoms with Crippen LogP contribution in [0.15, 0.2) is 23.1 Å². The molecule has 10 heteroatoms. The van der Waals surface area contributed by atoms with E-state index in [4.69, 9.17) is 26.8 Å². The van der Waals surface area contributed by atoms with Crippen LogP contribution in [0.4, 0.5) is 0 Å². The van der Waals surface area contributed by atoms with Gasteiger partial charge in [-0.05, 0) is 43.5 Å². The zero-order valence-corrected chi connectivity index (χ0v) is 21.2. The second kappa shape index (κ2) is 13.3. The second-order valence-electron chi connectivity index (χ2n) is 8.05. The molecule has 1 aliphatic heterocycles. The first-order valence-electron chi connectivity index (χ1n) is 11.2. The average molecular weight is 510 g/mol. The molecule has 186 valence electrons. The standard InChI is InChI=1S/C24H31NO7S2/c1-4-5-6-7-8-9-15(2)32-18-11-10-16(12-19(18)31-3)13-20-22(28)25(24(33)34-20)17(23(29)30)14-21(26)27/h10-13,15,17H,4-9,14H2,1-3H3,(H,26,27)(H,29,30)/b20-13-. The fraction of sp³-hybridized carbons (Fsp3) is 0.500. The Balaban J connectivity index is 2.12. The highest BCUT2D eigenvalue weighted by atomic mass is 32.2. The number of methoxy groups -OCH3 is 1. The summed E-state index contributed by atoms with van der Waals surface area (Å²) in [6.45, 7) is 4.21. The number of hydrogen-bond donors (Lipinski definition) is 2. The number of carbonyl (C=O) groups excluding carboxylic acids is 1. The summed E-state index contributed by atoms with van der Waals surface area (Å²) in [5.74, 6) is -2.29. The molecule has 1 aromatic rings. The van der Waals surface area contributed by atoms with Gasteiger partial charge in [0.25, 0.3) is 5.91 Å². The van der Waals surface area contributed by atoms with Gasteiger partial charge in [0.15, 0.2) is 11.5 Å².